The summed E-state index contributed by atoms with van der Waals surface area (Å²) in [5.74, 6) is 0.572. The van der Waals surface area contributed by atoms with Gasteiger partial charge in [0.15, 0.2) is 0 Å². The number of rotatable bonds is 6. The van der Waals surface area contributed by atoms with Crippen molar-refractivity contribution in [1.82, 2.24) is 30.0 Å². The minimum atomic E-state index is -0.183. The van der Waals surface area contributed by atoms with E-state index < -0.39 is 0 Å². The quantitative estimate of drug-likeness (QED) is 0.544. The van der Waals surface area contributed by atoms with Gasteiger partial charge in [0.1, 0.15) is 5.75 Å². The second-order valence-corrected chi connectivity index (χ2v) is 7.87. The number of fused-ring (bicyclic) bond motifs is 1. The molecule has 0 unspecified atom stereocenters. The third-order valence-electron chi connectivity index (χ3n) is 4.96. The molecule has 2 amide bonds. The molecule has 9 nitrogen and oxygen atoms in total. The van der Waals surface area contributed by atoms with E-state index in [-0.39, 0.29) is 12.0 Å². The number of methoxy groups -OCH3 is 1. The fourth-order valence-electron chi connectivity index (χ4n) is 3.55. The molecule has 0 saturated heterocycles. The third-order valence-corrected chi connectivity index (χ3v) is 5.48. The predicted molar refractivity (Wildman–Crippen MR) is 118 cm³/mol. The minimum Gasteiger partial charge on any atom is -0.496 e. The van der Waals surface area contributed by atoms with Crippen LogP contribution >= 0.6 is 23.2 Å². The Morgan fingerprint density at radius 2 is 2.13 bits per heavy atom. The van der Waals surface area contributed by atoms with Gasteiger partial charge in [0, 0.05) is 36.1 Å². The van der Waals surface area contributed by atoms with Crippen molar-refractivity contribution in [2.24, 2.45) is 0 Å². The van der Waals surface area contributed by atoms with Crippen molar-refractivity contribution in [2.75, 3.05) is 19.4 Å². The fourth-order valence-corrected chi connectivity index (χ4v) is 4.11. The fraction of sp³-hybridized carbons (Fsp3) is 0.300. The summed E-state index contributed by atoms with van der Waals surface area (Å²) in [6, 6.07) is 4.96. The third kappa shape index (κ3) is 4.52. The molecule has 1 aliphatic rings. The first kappa shape index (κ1) is 21.2. The van der Waals surface area contributed by atoms with E-state index in [0.29, 0.717) is 52.4 Å². The zero-order valence-corrected chi connectivity index (χ0v) is 18.3. The number of carbonyl (C=O) groups is 1. The molecule has 3 N–H and O–H groups in total. The molecule has 31 heavy (non-hydrogen) atoms. The number of benzene rings is 1. The van der Waals surface area contributed by atoms with Gasteiger partial charge in [-0.15, -0.1) is 0 Å². The van der Waals surface area contributed by atoms with E-state index in [1.54, 1.807) is 23.2 Å². The lowest BCUT2D eigenvalue weighted by Crippen LogP contribution is -2.37. The van der Waals surface area contributed by atoms with Crippen LogP contribution in [0, 0.1) is 0 Å². The Labute approximate surface area is 189 Å². The van der Waals surface area contributed by atoms with E-state index in [9.17, 15) is 4.79 Å². The van der Waals surface area contributed by atoms with E-state index in [4.69, 9.17) is 33.7 Å². The van der Waals surface area contributed by atoms with Gasteiger partial charge in [0.2, 0.25) is 5.95 Å². The first-order valence-corrected chi connectivity index (χ1v) is 10.4. The number of amides is 2. The van der Waals surface area contributed by atoms with Gasteiger partial charge in [-0.05, 0) is 24.6 Å². The maximum absolute atomic E-state index is 12.7. The summed E-state index contributed by atoms with van der Waals surface area (Å²) in [6.45, 7) is 1.92. The highest BCUT2D eigenvalue weighted by atomic mass is 35.5. The Balaban J connectivity index is 1.51. The van der Waals surface area contributed by atoms with Gasteiger partial charge in [0.25, 0.3) is 0 Å². The largest absolute Gasteiger partial charge is 0.496 e. The van der Waals surface area contributed by atoms with E-state index in [1.165, 1.54) is 7.11 Å². The molecule has 1 aliphatic heterocycles. The number of urea groups is 1. The van der Waals surface area contributed by atoms with E-state index >= 15 is 0 Å². The number of hydrogen-bond donors (Lipinski definition) is 2. The maximum atomic E-state index is 12.7. The summed E-state index contributed by atoms with van der Waals surface area (Å²) in [4.78, 5) is 23.1. The normalized spacial score (nSPS) is 12.7. The number of nitrogens with zero attached hydrogens (tertiary/aromatic N) is 5. The number of hydrogen-bond acceptors (Lipinski definition) is 6. The molecule has 3 heterocycles. The van der Waals surface area contributed by atoms with Gasteiger partial charge >= 0.3 is 6.03 Å². The van der Waals surface area contributed by atoms with Crippen LogP contribution in [0.2, 0.25) is 10.0 Å². The summed E-state index contributed by atoms with van der Waals surface area (Å²) < 4.78 is 7.29. The molecule has 0 aliphatic carbocycles. The molecule has 0 spiro atoms. The molecule has 0 fully saturated rings. The van der Waals surface area contributed by atoms with Crippen molar-refractivity contribution in [2.45, 2.75) is 26.1 Å². The number of nitrogens with one attached hydrogen (secondary N) is 1. The summed E-state index contributed by atoms with van der Waals surface area (Å²) in [5.41, 5.74) is 8.52. The number of anilines is 1. The Bertz CT molecular complexity index is 1110. The van der Waals surface area contributed by atoms with E-state index in [1.807, 2.05) is 16.9 Å². The van der Waals surface area contributed by atoms with Crippen LogP contribution in [-0.4, -0.2) is 44.3 Å². The van der Waals surface area contributed by atoms with Crippen molar-refractivity contribution in [3.8, 4) is 17.0 Å². The highest BCUT2D eigenvalue weighted by molar-refractivity contribution is 6.37. The van der Waals surface area contributed by atoms with Crippen LogP contribution in [0.3, 0.4) is 0 Å². The zero-order chi connectivity index (χ0) is 22.0. The van der Waals surface area contributed by atoms with E-state index in [2.05, 4.69) is 20.4 Å². The molecule has 3 aromatic rings. The highest BCUT2D eigenvalue weighted by Crippen LogP contribution is 2.42. The molecule has 1 aromatic carbocycles. The summed E-state index contributed by atoms with van der Waals surface area (Å²) in [7, 11) is 1.53. The first-order chi connectivity index (χ1) is 15.0. The molecule has 11 heteroatoms. The van der Waals surface area contributed by atoms with Gasteiger partial charge in [-0.2, -0.15) is 5.10 Å². The predicted octanol–water partition coefficient (Wildman–Crippen LogP) is 3.35. The summed E-state index contributed by atoms with van der Waals surface area (Å²) in [6.07, 6.45) is 4.38. The molecule has 0 atom stereocenters. The maximum Gasteiger partial charge on any atom is 0.318 e. The van der Waals surface area contributed by atoms with Gasteiger partial charge in [0.05, 0.1) is 42.2 Å². The molecule has 0 bridgehead atoms. The number of aromatic nitrogens is 4. The van der Waals surface area contributed by atoms with Crippen molar-refractivity contribution in [3.63, 3.8) is 0 Å². The Kier molecular flexibility index (Phi) is 6.15. The molecule has 162 valence electrons. The smallest absolute Gasteiger partial charge is 0.318 e. The lowest BCUT2D eigenvalue weighted by molar-refractivity contribution is 0.198. The Hall–Kier alpha value is -3.04. The van der Waals surface area contributed by atoms with Crippen LogP contribution in [0.5, 0.6) is 5.75 Å². The van der Waals surface area contributed by atoms with Crippen LogP contribution in [0.4, 0.5) is 10.7 Å². The lowest BCUT2D eigenvalue weighted by Gasteiger charge is -2.17. The Morgan fingerprint density at radius 3 is 2.87 bits per heavy atom. The molecule has 2 aromatic heterocycles. The monoisotopic (exact) mass is 461 g/mol. The number of ether oxygens (including phenoxy) is 1. The van der Waals surface area contributed by atoms with Crippen LogP contribution in [0.1, 0.15) is 17.7 Å². The number of carbonyl (C=O) groups excluding carboxylic acids is 1. The standard InChI is InChI=1S/C20H21Cl2N7O2/c1-31-16-9-12(21)8-14(22)17(16)18-13-10-28(11-15(13)26-19(23)27-18)20(30)24-4-2-6-29-7-3-5-25-29/h3,5,7-9H,2,4,6,10-11H2,1H3,(H,24,30)(H2,23,26,27). The minimum absolute atomic E-state index is 0.100. The molecule has 4 rings (SSSR count). The lowest BCUT2D eigenvalue weighted by atomic mass is 10.0. The number of aryl methyl sites for hydroxylation is 1. The number of nitrogen functional groups attached to an aromatic ring is 1. The number of halogens is 2. The summed E-state index contributed by atoms with van der Waals surface area (Å²) in [5, 5.41) is 7.91. The average molecular weight is 462 g/mol. The topological polar surface area (TPSA) is 111 Å². The van der Waals surface area contributed by atoms with Gasteiger partial charge < -0.3 is 20.7 Å². The second-order valence-electron chi connectivity index (χ2n) is 7.03. The van der Waals surface area contributed by atoms with Crippen molar-refractivity contribution < 1.29 is 9.53 Å². The van der Waals surface area contributed by atoms with Crippen LogP contribution in [0.15, 0.2) is 30.6 Å². The zero-order valence-electron chi connectivity index (χ0n) is 16.8. The average Bonchev–Trinajstić information content (AvgIpc) is 3.39. The molecule has 0 saturated carbocycles. The molecule has 0 radical (unpaired) electrons. The van der Waals surface area contributed by atoms with Crippen molar-refractivity contribution in [1.29, 1.82) is 0 Å². The number of nitrogens with two attached hydrogens (primary N) is 1. The van der Waals surface area contributed by atoms with Gasteiger partial charge in [-0.1, -0.05) is 23.2 Å². The Morgan fingerprint density at radius 1 is 1.29 bits per heavy atom. The van der Waals surface area contributed by atoms with Crippen molar-refractivity contribution in [3.05, 3.63) is 51.9 Å². The highest BCUT2D eigenvalue weighted by Gasteiger charge is 2.30. The SMILES string of the molecule is COc1cc(Cl)cc(Cl)c1-c1nc(N)nc2c1CN(C(=O)NCCCn1cccn1)C2. The molecular weight excluding hydrogens is 441 g/mol. The van der Waals surface area contributed by atoms with Crippen LogP contribution in [-0.2, 0) is 19.6 Å². The second kappa shape index (κ2) is 8.99. The molecular formula is C20H21Cl2N7O2. The summed E-state index contributed by atoms with van der Waals surface area (Å²) >= 11 is 12.6. The van der Waals surface area contributed by atoms with Crippen LogP contribution < -0.4 is 15.8 Å². The van der Waals surface area contributed by atoms with Crippen molar-refractivity contribution >= 4 is 35.2 Å². The van der Waals surface area contributed by atoms with Gasteiger partial charge in [-0.25, -0.2) is 14.8 Å². The van der Waals surface area contributed by atoms with Crippen LogP contribution in [0.25, 0.3) is 11.3 Å². The van der Waals surface area contributed by atoms with E-state index in [0.717, 1.165) is 18.5 Å². The van der Waals surface area contributed by atoms with Gasteiger partial charge in [-0.3, -0.25) is 4.68 Å². The first-order valence-electron chi connectivity index (χ1n) is 9.65.